The largest absolute Gasteiger partial charge is 0.154 e. The van der Waals surface area contributed by atoms with Crippen molar-refractivity contribution in [3.05, 3.63) is 5.25 Å². The highest BCUT2D eigenvalue weighted by molar-refractivity contribution is 8.02. The van der Waals surface area contributed by atoms with E-state index in [0.29, 0.717) is 0 Å². The van der Waals surface area contributed by atoms with E-state index in [1.54, 1.807) is 0 Å². The molecular formula is C17H33S. The minimum atomic E-state index is 1.37. The highest BCUT2D eigenvalue weighted by atomic mass is 32.2. The molecule has 0 aromatic rings. The van der Waals surface area contributed by atoms with Gasteiger partial charge in [0.05, 0.1) is 0 Å². The van der Waals surface area contributed by atoms with Gasteiger partial charge in [0.2, 0.25) is 0 Å². The molecular weight excluding hydrogens is 236 g/mol. The van der Waals surface area contributed by atoms with Crippen LogP contribution in [0.2, 0.25) is 0 Å². The van der Waals surface area contributed by atoms with Crippen molar-refractivity contribution in [2.75, 3.05) is 5.75 Å². The lowest BCUT2D eigenvalue weighted by atomic mass is 10.0. The molecule has 0 N–H and O–H groups in total. The monoisotopic (exact) mass is 269 g/mol. The third-order valence-corrected chi connectivity index (χ3v) is 5.27. The van der Waals surface area contributed by atoms with Gasteiger partial charge in [-0.15, -0.1) is 0 Å². The van der Waals surface area contributed by atoms with E-state index in [-0.39, 0.29) is 0 Å². The molecule has 0 atom stereocenters. The zero-order valence-corrected chi connectivity index (χ0v) is 13.3. The number of hydrogen-bond donors (Lipinski definition) is 0. The third kappa shape index (κ3) is 9.30. The van der Waals surface area contributed by atoms with E-state index in [0.717, 1.165) is 0 Å². The first-order valence-electron chi connectivity index (χ1n) is 8.41. The van der Waals surface area contributed by atoms with Crippen LogP contribution in [-0.2, 0) is 0 Å². The van der Waals surface area contributed by atoms with Crippen LogP contribution in [0.3, 0.4) is 0 Å². The second-order valence-electron chi connectivity index (χ2n) is 5.78. The number of hydrogen-bond acceptors (Lipinski definition) is 1. The molecule has 0 bridgehead atoms. The molecule has 0 aromatic heterocycles. The molecule has 0 aliphatic carbocycles. The first-order chi connectivity index (χ1) is 8.93. The Morgan fingerprint density at radius 3 is 2.22 bits per heavy atom. The summed E-state index contributed by atoms with van der Waals surface area (Å²) in [6, 6.07) is 0. The van der Waals surface area contributed by atoms with Crippen LogP contribution in [0.5, 0.6) is 0 Å². The van der Waals surface area contributed by atoms with Crippen LogP contribution >= 0.6 is 11.8 Å². The molecule has 0 aromatic carbocycles. The van der Waals surface area contributed by atoms with E-state index >= 15 is 0 Å². The molecule has 0 unspecified atom stereocenters. The van der Waals surface area contributed by atoms with E-state index in [2.05, 4.69) is 18.7 Å². The topological polar surface area (TPSA) is 0 Å². The van der Waals surface area contributed by atoms with Gasteiger partial charge in [0.25, 0.3) is 0 Å². The molecule has 0 amide bonds. The summed E-state index contributed by atoms with van der Waals surface area (Å²) in [4.78, 5) is 0. The third-order valence-electron chi connectivity index (χ3n) is 3.97. The molecule has 18 heavy (non-hydrogen) atoms. The van der Waals surface area contributed by atoms with Crippen molar-refractivity contribution < 1.29 is 0 Å². The van der Waals surface area contributed by atoms with Crippen LogP contribution in [0, 0.1) is 5.25 Å². The Morgan fingerprint density at radius 1 is 0.778 bits per heavy atom. The maximum absolute atomic E-state index is 2.30. The molecule has 0 nitrogen and oxygen atoms in total. The van der Waals surface area contributed by atoms with E-state index in [9.17, 15) is 0 Å². The Labute approximate surface area is 120 Å². The summed E-state index contributed by atoms with van der Waals surface area (Å²) in [7, 11) is 0. The van der Waals surface area contributed by atoms with Crippen LogP contribution in [0.1, 0.15) is 96.8 Å². The number of thioether (sulfide) groups is 1. The van der Waals surface area contributed by atoms with Crippen molar-refractivity contribution >= 4 is 11.8 Å². The van der Waals surface area contributed by atoms with Crippen LogP contribution in [0.15, 0.2) is 0 Å². The van der Waals surface area contributed by atoms with Gasteiger partial charge in [-0.05, 0) is 25.0 Å². The second kappa shape index (κ2) is 12.4. The molecule has 1 radical (unpaired) electrons. The Balaban J connectivity index is 1.86. The van der Waals surface area contributed by atoms with Crippen molar-refractivity contribution in [2.24, 2.45) is 0 Å². The fourth-order valence-corrected chi connectivity index (χ4v) is 3.93. The molecule has 107 valence electrons. The predicted octanol–water partition coefficient (Wildman–Crippen LogP) is 6.75. The summed E-state index contributed by atoms with van der Waals surface area (Å²) in [5.41, 5.74) is 0. The normalized spacial score (nSPS) is 18.5. The Morgan fingerprint density at radius 2 is 1.44 bits per heavy atom. The quantitative estimate of drug-likeness (QED) is 0.417. The summed E-state index contributed by atoms with van der Waals surface area (Å²) < 4.78 is 0. The Kier molecular flexibility index (Phi) is 11.3. The summed E-state index contributed by atoms with van der Waals surface area (Å²) in [6.45, 7) is 2.30. The van der Waals surface area contributed by atoms with E-state index in [4.69, 9.17) is 0 Å². The zero-order chi connectivity index (χ0) is 12.9. The van der Waals surface area contributed by atoms with Gasteiger partial charge in [0.15, 0.2) is 0 Å². The van der Waals surface area contributed by atoms with Gasteiger partial charge in [-0.1, -0.05) is 77.6 Å². The van der Waals surface area contributed by atoms with Gasteiger partial charge in [-0.3, -0.25) is 0 Å². The highest BCUT2D eigenvalue weighted by Gasteiger charge is 2.11. The molecule has 0 spiro atoms. The lowest BCUT2D eigenvalue weighted by molar-refractivity contribution is 0.563. The average Bonchev–Trinajstić information content (AvgIpc) is 2.34. The van der Waals surface area contributed by atoms with E-state index < -0.39 is 0 Å². The minimum absolute atomic E-state index is 1.37. The first-order valence-corrected chi connectivity index (χ1v) is 9.39. The van der Waals surface area contributed by atoms with Crippen LogP contribution in [0.25, 0.3) is 0 Å². The first kappa shape index (κ1) is 16.4. The van der Waals surface area contributed by atoms with Crippen molar-refractivity contribution in [1.82, 2.24) is 0 Å². The van der Waals surface area contributed by atoms with E-state index in [1.165, 1.54) is 95.6 Å². The number of rotatable bonds is 9. The smallest absolute Gasteiger partial charge is 0.0306 e. The van der Waals surface area contributed by atoms with Crippen molar-refractivity contribution in [1.29, 1.82) is 0 Å². The minimum Gasteiger partial charge on any atom is -0.154 e. The molecule has 1 aliphatic heterocycles. The van der Waals surface area contributed by atoms with Crippen molar-refractivity contribution in [3.8, 4) is 0 Å². The van der Waals surface area contributed by atoms with Crippen molar-refractivity contribution in [2.45, 2.75) is 96.8 Å². The van der Waals surface area contributed by atoms with Crippen LogP contribution in [-0.4, -0.2) is 5.75 Å². The summed E-state index contributed by atoms with van der Waals surface area (Å²) in [5, 5.41) is 1.82. The van der Waals surface area contributed by atoms with E-state index in [1.807, 2.05) is 5.25 Å². The molecule has 0 saturated carbocycles. The lowest BCUT2D eigenvalue weighted by Crippen LogP contribution is -1.99. The Bertz CT molecular complexity index is 159. The second-order valence-corrected chi connectivity index (χ2v) is 7.05. The molecule has 1 heterocycles. The predicted molar refractivity (Wildman–Crippen MR) is 86.0 cm³/mol. The zero-order valence-electron chi connectivity index (χ0n) is 12.5. The van der Waals surface area contributed by atoms with Gasteiger partial charge in [0.1, 0.15) is 0 Å². The summed E-state index contributed by atoms with van der Waals surface area (Å²) in [5.74, 6) is 1.40. The Hall–Kier alpha value is 0.350. The molecule has 1 rings (SSSR count). The summed E-state index contributed by atoms with van der Waals surface area (Å²) >= 11 is 2.19. The van der Waals surface area contributed by atoms with Crippen LogP contribution in [0.4, 0.5) is 0 Å². The molecule has 1 fully saturated rings. The van der Waals surface area contributed by atoms with Gasteiger partial charge < -0.3 is 0 Å². The van der Waals surface area contributed by atoms with Gasteiger partial charge >= 0.3 is 0 Å². The summed E-state index contributed by atoms with van der Waals surface area (Å²) in [6.07, 6.45) is 20.3. The van der Waals surface area contributed by atoms with Crippen LogP contribution < -0.4 is 0 Å². The maximum Gasteiger partial charge on any atom is 0.0306 e. The fraction of sp³-hybridized carbons (Fsp3) is 0.941. The average molecular weight is 270 g/mol. The van der Waals surface area contributed by atoms with Gasteiger partial charge in [-0.2, -0.15) is 11.8 Å². The molecule has 1 saturated heterocycles. The highest BCUT2D eigenvalue weighted by Crippen LogP contribution is 2.33. The maximum atomic E-state index is 2.30. The van der Waals surface area contributed by atoms with Crippen molar-refractivity contribution in [3.63, 3.8) is 0 Å². The molecule has 1 heteroatoms. The molecule has 1 aliphatic rings. The fourth-order valence-electron chi connectivity index (χ4n) is 2.72. The van der Waals surface area contributed by atoms with Gasteiger partial charge in [0, 0.05) is 5.25 Å². The number of unbranched alkanes of at least 4 members (excludes halogenated alkanes) is 7. The lowest BCUT2D eigenvalue weighted by Gasteiger charge is -2.18. The van der Waals surface area contributed by atoms with Gasteiger partial charge in [-0.25, -0.2) is 0 Å². The SMILES string of the molecule is CCCCCCCCCC[C]1CCCCCCS1. The standard InChI is InChI=1S/C17H33S/c1-2-3-4-5-6-7-8-11-14-17-15-12-9-10-13-16-18-17/h2-16H2,1H3.